The van der Waals surface area contributed by atoms with Crippen molar-refractivity contribution < 1.29 is 27.9 Å². The van der Waals surface area contributed by atoms with Gasteiger partial charge in [-0.05, 0) is 38.6 Å². The van der Waals surface area contributed by atoms with Crippen LogP contribution in [0.15, 0.2) is 48.8 Å². The Balaban J connectivity index is 1.38. The van der Waals surface area contributed by atoms with Crippen molar-refractivity contribution in [1.82, 2.24) is 24.6 Å². The van der Waals surface area contributed by atoms with Crippen LogP contribution in [0, 0.1) is 18.3 Å². The molecular weight excluding hydrogens is 573 g/mol. The minimum absolute atomic E-state index is 0.0662. The molecular formula is C29H34N7O6P. The summed E-state index contributed by atoms with van der Waals surface area (Å²) < 4.78 is 39.4. The number of hydrogen-bond acceptors (Lipinski definition) is 11. The van der Waals surface area contributed by atoms with E-state index >= 15 is 0 Å². The van der Waals surface area contributed by atoms with Gasteiger partial charge in [0.1, 0.15) is 11.8 Å². The summed E-state index contributed by atoms with van der Waals surface area (Å²) in [6.45, 7) is 4.83. The van der Waals surface area contributed by atoms with Gasteiger partial charge in [-0.2, -0.15) is 15.1 Å². The number of nitrogens with one attached hydrogen (secondary N) is 2. The van der Waals surface area contributed by atoms with E-state index in [4.69, 9.17) is 30.7 Å². The number of nitrogens with zero attached hydrogens (tertiary/aromatic N) is 4. The van der Waals surface area contributed by atoms with Crippen LogP contribution in [0.4, 0.5) is 11.8 Å². The average molecular weight is 608 g/mol. The molecule has 4 N–H and O–H groups in total. The number of imidazole rings is 1. The van der Waals surface area contributed by atoms with E-state index in [1.165, 1.54) is 6.92 Å². The Morgan fingerprint density at radius 2 is 2.00 bits per heavy atom. The van der Waals surface area contributed by atoms with Crippen LogP contribution in [0.1, 0.15) is 33.4 Å². The maximum absolute atomic E-state index is 14.2. The molecule has 14 heteroatoms. The smallest absolute Gasteiger partial charge is 0.459 e. The molecule has 4 aromatic rings. The van der Waals surface area contributed by atoms with Crippen LogP contribution in [0.3, 0.4) is 0 Å². The molecule has 226 valence electrons. The summed E-state index contributed by atoms with van der Waals surface area (Å²) in [5.74, 6) is 2.65. The van der Waals surface area contributed by atoms with Crippen molar-refractivity contribution in [2.75, 3.05) is 24.7 Å². The normalized spacial score (nSPS) is 20.5. The zero-order chi connectivity index (χ0) is 30.7. The molecule has 1 saturated heterocycles. The molecule has 2 aromatic carbocycles. The SMILES string of the molecule is C#C[C@H]1C[C@@H](COP(=O)(N[C@H](C)C(=O)OC(C)C)Oc2cccc3ccccc23)O[C@H]1n1cnc2c(NC)nc(N)nc21. The van der Waals surface area contributed by atoms with E-state index in [9.17, 15) is 9.36 Å². The molecule has 0 radical (unpaired) electrons. The van der Waals surface area contributed by atoms with Gasteiger partial charge < -0.3 is 25.0 Å². The van der Waals surface area contributed by atoms with Gasteiger partial charge in [-0.25, -0.2) is 9.55 Å². The average Bonchev–Trinajstić information content (AvgIpc) is 3.59. The summed E-state index contributed by atoms with van der Waals surface area (Å²) in [6, 6.07) is 11.9. The van der Waals surface area contributed by atoms with E-state index in [2.05, 4.69) is 31.3 Å². The zero-order valence-corrected chi connectivity index (χ0v) is 25.2. The third-order valence-corrected chi connectivity index (χ3v) is 8.44. The molecule has 3 heterocycles. The molecule has 1 unspecified atom stereocenters. The van der Waals surface area contributed by atoms with E-state index in [0.29, 0.717) is 29.2 Å². The van der Waals surface area contributed by atoms with Crippen LogP contribution in [0.2, 0.25) is 0 Å². The lowest BCUT2D eigenvalue weighted by molar-refractivity contribution is -0.149. The molecule has 43 heavy (non-hydrogen) atoms. The number of fused-ring (bicyclic) bond motifs is 2. The Bertz CT molecular complexity index is 1720. The molecule has 0 aliphatic carbocycles. The van der Waals surface area contributed by atoms with Crippen molar-refractivity contribution >= 4 is 47.4 Å². The van der Waals surface area contributed by atoms with Crippen LogP contribution in [0.25, 0.3) is 21.9 Å². The van der Waals surface area contributed by atoms with Gasteiger partial charge >= 0.3 is 13.7 Å². The second kappa shape index (κ2) is 12.6. The predicted octanol–water partition coefficient (Wildman–Crippen LogP) is 4.27. The summed E-state index contributed by atoms with van der Waals surface area (Å²) >= 11 is 0. The Morgan fingerprint density at radius 1 is 1.23 bits per heavy atom. The quantitative estimate of drug-likeness (QED) is 0.126. The molecule has 1 aliphatic heterocycles. The fourth-order valence-corrected chi connectivity index (χ4v) is 6.40. The number of hydrogen-bond donors (Lipinski definition) is 3. The predicted molar refractivity (Wildman–Crippen MR) is 162 cm³/mol. The first-order chi connectivity index (χ1) is 20.6. The molecule has 2 aromatic heterocycles. The lowest BCUT2D eigenvalue weighted by Crippen LogP contribution is -2.36. The molecule has 5 atom stereocenters. The van der Waals surface area contributed by atoms with Crippen LogP contribution in [-0.4, -0.2) is 57.4 Å². The number of nitrogen functional groups attached to an aromatic ring is 1. The minimum Gasteiger partial charge on any atom is -0.462 e. The van der Waals surface area contributed by atoms with Crippen LogP contribution >= 0.6 is 7.75 Å². The maximum Gasteiger partial charge on any atom is 0.459 e. The molecule has 1 fully saturated rings. The Morgan fingerprint density at radius 3 is 2.74 bits per heavy atom. The third-order valence-electron chi connectivity index (χ3n) is 6.81. The number of benzene rings is 2. The third kappa shape index (κ3) is 6.58. The molecule has 0 amide bonds. The van der Waals surface area contributed by atoms with E-state index in [-0.39, 0.29) is 24.6 Å². The topological polar surface area (TPSA) is 165 Å². The molecule has 5 rings (SSSR count). The zero-order valence-electron chi connectivity index (χ0n) is 24.3. The highest BCUT2D eigenvalue weighted by Crippen LogP contribution is 2.48. The monoisotopic (exact) mass is 607 g/mol. The first kappa shape index (κ1) is 30.3. The highest BCUT2D eigenvalue weighted by atomic mass is 31.2. The minimum atomic E-state index is -4.16. The number of carbonyl (C=O) groups excluding carboxylic acids is 1. The first-order valence-electron chi connectivity index (χ1n) is 13.8. The molecule has 13 nitrogen and oxygen atoms in total. The molecule has 0 bridgehead atoms. The van der Waals surface area contributed by atoms with Crippen molar-refractivity contribution in [3.63, 3.8) is 0 Å². The van der Waals surface area contributed by atoms with Crippen LogP contribution in [0.5, 0.6) is 5.75 Å². The van der Waals surface area contributed by atoms with Gasteiger partial charge in [0.05, 0.1) is 31.1 Å². The number of esters is 1. The fourth-order valence-electron chi connectivity index (χ4n) is 4.86. The van der Waals surface area contributed by atoms with Crippen molar-refractivity contribution in [2.45, 2.75) is 51.7 Å². The lowest BCUT2D eigenvalue weighted by Gasteiger charge is -2.25. The Kier molecular flexibility index (Phi) is 8.84. The lowest BCUT2D eigenvalue weighted by atomic mass is 10.0. The van der Waals surface area contributed by atoms with Crippen LogP contribution < -0.4 is 20.7 Å². The number of carbonyl (C=O) groups is 1. The number of aromatic nitrogens is 4. The highest BCUT2D eigenvalue weighted by Gasteiger charge is 2.40. The summed E-state index contributed by atoms with van der Waals surface area (Å²) in [4.78, 5) is 25.5. The van der Waals surface area contributed by atoms with Crippen LogP contribution in [-0.2, 0) is 23.4 Å². The van der Waals surface area contributed by atoms with Gasteiger partial charge in [-0.1, -0.05) is 42.3 Å². The van der Waals surface area contributed by atoms with E-state index in [1.807, 2.05) is 30.3 Å². The fraction of sp³-hybridized carbons (Fsp3) is 0.379. The molecule has 0 saturated carbocycles. The number of ether oxygens (including phenoxy) is 2. The van der Waals surface area contributed by atoms with Gasteiger partial charge in [0.15, 0.2) is 23.2 Å². The Hall–Kier alpha value is -4.21. The summed E-state index contributed by atoms with van der Waals surface area (Å²) in [5, 5.41) is 7.30. The van der Waals surface area contributed by atoms with Crippen molar-refractivity contribution in [3.05, 3.63) is 48.8 Å². The van der Waals surface area contributed by atoms with Gasteiger partial charge in [0.2, 0.25) is 5.95 Å². The van der Waals surface area contributed by atoms with Gasteiger partial charge in [0.25, 0.3) is 0 Å². The number of nitrogens with two attached hydrogens (primary N) is 1. The number of anilines is 2. The van der Waals surface area contributed by atoms with E-state index in [1.54, 1.807) is 43.9 Å². The van der Waals surface area contributed by atoms with Crippen molar-refractivity contribution in [2.24, 2.45) is 5.92 Å². The Labute approximate surface area is 249 Å². The largest absolute Gasteiger partial charge is 0.462 e. The summed E-state index contributed by atoms with van der Waals surface area (Å²) in [5.41, 5.74) is 6.87. The van der Waals surface area contributed by atoms with Gasteiger partial charge in [-0.15, -0.1) is 6.42 Å². The van der Waals surface area contributed by atoms with Gasteiger partial charge in [-0.3, -0.25) is 13.9 Å². The molecule has 0 spiro atoms. The summed E-state index contributed by atoms with van der Waals surface area (Å²) in [7, 11) is -2.45. The first-order valence-corrected chi connectivity index (χ1v) is 15.3. The maximum atomic E-state index is 14.2. The standard InChI is InChI=1S/C29H34N7O6P/c1-6-19-14-21(41-27(19)36-16-32-24-25(31-5)33-29(30)34-26(24)36)15-39-43(38,35-18(4)28(37)40-17(2)3)42-23-13-9-11-20-10-7-8-12-22(20)23/h1,7-13,16-19,21,27H,14-15H2,2-5H3,(H,35,38)(H3,30,31,33,34)/t18-,19+,21+,27-,43?/m1/s1. The molecule has 1 aliphatic rings. The van der Waals surface area contributed by atoms with E-state index in [0.717, 1.165) is 10.8 Å². The number of rotatable bonds is 11. The second-order valence-electron chi connectivity index (χ2n) is 10.4. The van der Waals surface area contributed by atoms with Crippen molar-refractivity contribution in [1.29, 1.82) is 0 Å². The second-order valence-corrected chi connectivity index (χ2v) is 12.1. The van der Waals surface area contributed by atoms with E-state index < -0.39 is 32.1 Å². The summed E-state index contributed by atoms with van der Waals surface area (Å²) in [6.07, 6.45) is 6.26. The van der Waals surface area contributed by atoms with Crippen molar-refractivity contribution in [3.8, 4) is 18.1 Å². The van der Waals surface area contributed by atoms with Gasteiger partial charge in [0, 0.05) is 12.4 Å². The highest BCUT2D eigenvalue weighted by molar-refractivity contribution is 7.52. The number of terminal acetylenes is 1.